The number of methoxy groups -OCH3 is 1. The summed E-state index contributed by atoms with van der Waals surface area (Å²) in [6, 6.07) is 14.2. The quantitative estimate of drug-likeness (QED) is 0.410. The van der Waals surface area contributed by atoms with Crippen LogP contribution < -0.4 is 4.74 Å². The van der Waals surface area contributed by atoms with Crippen LogP contribution in [0, 0.1) is 0 Å². The van der Waals surface area contributed by atoms with Crippen LogP contribution in [0.15, 0.2) is 53.8 Å². The van der Waals surface area contributed by atoms with Crippen molar-refractivity contribution < 1.29 is 4.74 Å². The maximum atomic E-state index is 8.84. The number of fused-ring (bicyclic) bond motifs is 2. The second kappa shape index (κ2) is 5.38. The number of hydrogen-bond acceptors (Lipinski definition) is 2. The summed E-state index contributed by atoms with van der Waals surface area (Å²) in [5.74, 6) is 1.08. The Kier molecular flexibility index (Phi) is 3.21. The van der Waals surface area contributed by atoms with E-state index in [1.165, 1.54) is 16.5 Å². The molecule has 4 rings (SSSR count). The van der Waals surface area contributed by atoms with Gasteiger partial charge < -0.3 is 9.72 Å². The molecular formula is C18H16N4O. The molecule has 1 aliphatic carbocycles. The summed E-state index contributed by atoms with van der Waals surface area (Å²) in [4.78, 5) is 6.35. The Morgan fingerprint density at radius 2 is 2.00 bits per heavy atom. The zero-order chi connectivity index (χ0) is 15.8. The Morgan fingerprint density at radius 1 is 1.17 bits per heavy atom. The number of aromatic amines is 1. The van der Waals surface area contributed by atoms with Gasteiger partial charge in [-0.25, -0.2) is 0 Å². The lowest BCUT2D eigenvalue weighted by molar-refractivity contribution is 0.415. The smallest absolute Gasteiger partial charge is 0.120 e. The fourth-order valence-corrected chi connectivity index (χ4v) is 3.62. The van der Waals surface area contributed by atoms with E-state index in [4.69, 9.17) is 10.3 Å². The first-order chi connectivity index (χ1) is 11.3. The molecule has 0 bridgehead atoms. The van der Waals surface area contributed by atoms with Crippen LogP contribution in [-0.2, 0) is 0 Å². The highest BCUT2D eigenvalue weighted by molar-refractivity contribution is 5.85. The van der Waals surface area contributed by atoms with E-state index in [-0.39, 0.29) is 12.0 Å². The van der Waals surface area contributed by atoms with Crippen molar-refractivity contribution in [3.63, 3.8) is 0 Å². The van der Waals surface area contributed by atoms with Crippen LogP contribution in [0.4, 0.5) is 0 Å². The van der Waals surface area contributed by atoms with Gasteiger partial charge in [-0.15, -0.1) is 0 Å². The molecule has 1 aromatic heterocycles. The van der Waals surface area contributed by atoms with Crippen molar-refractivity contribution in [3.05, 3.63) is 75.8 Å². The van der Waals surface area contributed by atoms with Gasteiger partial charge in [0.05, 0.1) is 13.2 Å². The van der Waals surface area contributed by atoms with Gasteiger partial charge in [0, 0.05) is 34.0 Å². The molecule has 0 fully saturated rings. The summed E-state index contributed by atoms with van der Waals surface area (Å²) in [5, 5.41) is 5.17. The highest BCUT2D eigenvalue weighted by atomic mass is 16.5. The standard InChI is InChI=1S/C18H16N4O/c1-23-11-6-7-14-16(10-20-17(14)8-11)15-9-18(21-22-19)13-5-3-2-4-12(13)15/h2-8,10,15,18,20H,9H2,1H3/t15-,18-/m1/s1. The van der Waals surface area contributed by atoms with Crippen LogP contribution >= 0.6 is 0 Å². The maximum Gasteiger partial charge on any atom is 0.120 e. The molecule has 0 spiro atoms. The van der Waals surface area contributed by atoms with Gasteiger partial charge in [-0.1, -0.05) is 29.4 Å². The zero-order valence-corrected chi connectivity index (χ0v) is 12.7. The Labute approximate surface area is 133 Å². The summed E-state index contributed by atoms with van der Waals surface area (Å²) < 4.78 is 5.29. The summed E-state index contributed by atoms with van der Waals surface area (Å²) >= 11 is 0. The molecule has 3 aromatic rings. The van der Waals surface area contributed by atoms with Crippen molar-refractivity contribution in [2.24, 2.45) is 5.11 Å². The molecule has 1 N–H and O–H groups in total. The molecule has 114 valence electrons. The molecule has 0 amide bonds. The number of hydrogen-bond donors (Lipinski definition) is 1. The zero-order valence-electron chi connectivity index (χ0n) is 12.7. The molecule has 1 heterocycles. The lowest BCUT2D eigenvalue weighted by Gasteiger charge is -2.11. The Morgan fingerprint density at radius 3 is 2.78 bits per heavy atom. The maximum absolute atomic E-state index is 8.84. The summed E-state index contributed by atoms with van der Waals surface area (Å²) in [5.41, 5.74) is 13.5. The molecule has 0 saturated carbocycles. The molecule has 2 aromatic carbocycles. The fourth-order valence-electron chi connectivity index (χ4n) is 3.62. The molecule has 5 nitrogen and oxygen atoms in total. The van der Waals surface area contributed by atoms with E-state index in [1.54, 1.807) is 7.11 Å². The second-order valence-electron chi connectivity index (χ2n) is 5.79. The van der Waals surface area contributed by atoms with E-state index in [1.807, 2.05) is 24.3 Å². The number of benzene rings is 2. The summed E-state index contributed by atoms with van der Waals surface area (Å²) in [6.07, 6.45) is 2.87. The molecule has 2 atom stereocenters. The Bertz CT molecular complexity index is 924. The molecule has 1 aliphatic rings. The van der Waals surface area contributed by atoms with Gasteiger partial charge in [0.15, 0.2) is 0 Å². The third-order valence-corrected chi connectivity index (χ3v) is 4.68. The first-order valence-corrected chi connectivity index (χ1v) is 7.60. The minimum Gasteiger partial charge on any atom is -0.497 e. The van der Waals surface area contributed by atoms with E-state index in [2.05, 4.69) is 39.4 Å². The van der Waals surface area contributed by atoms with Gasteiger partial charge in [-0.05, 0) is 40.8 Å². The minimum absolute atomic E-state index is 0.0931. The van der Waals surface area contributed by atoms with Crippen LogP contribution in [0.3, 0.4) is 0 Å². The normalized spacial score (nSPS) is 19.3. The van der Waals surface area contributed by atoms with Crippen molar-refractivity contribution in [2.75, 3.05) is 7.11 Å². The van der Waals surface area contributed by atoms with Crippen LogP contribution in [0.25, 0.3) is 21.3 Å². The van der Waals surface area contributed by atoms with E-state index >= 15 is 0 Å². The Balaban J connectivity index is 1.84. The second-order valence-corrected chi connectivity index (χ2v) is 5.79. The van der Waals surface area contributed by atoms with Gasteiger partial charge in [-0.3, -0.25) is 0 Å². The third kappa shape index (κ3) is 2.14. The fraction of sp³-hybridized carbons (Fsp3) is 0.222. The van der Waals surface area contributed by atoms with Crippen molar-refractivity contribution in [2.45, 2.75) is 18.4 Å². The third-order valence-electron chi connectivity index (χ3n) is 4.68. The van der Waals surface area contributed by atoms with Crippen LogP contribution in [0.5, 0.6) is 5.75 Å². The SMILES string of the molecule is COc1ccc2c([C@@H]3C[C@@H](N=[N+]=[N-])c4ccccc43)c[nH]c2c1. The average molecular weight is 304 g/mol. The molecular weight excluding hydrogens is 288 g/mol. The molecule has 23 heavy (non-hydrogen) atoms. The Hall–Kier alpha value is -2.91. The van der Waals surface area contributed by atoms with Gasteiger partial charge in [0.2, 0.25) is 0 Å². The van der Waals surface area contributed by atoms with E-state index < -0.39 is 0 Å². The van der Waals surface area contributed by atoms with Gasteiger partial charge in [-0.2, -0.15) is 0 Å². The van der Waals surface area contributed by atoms with Gasteiger partial charge >= 0.3 is 0 Å². The van der Waals surface area contributed by atoms with E-state index in [0.29, 0.717) is 0 Å². The molecule has 0 radical (unpaired) electrons. The highest BCUT2D eigenvalue weighted by Gasteiger charge is 2.32. The topological polar surface area (TPSA) is 73.8 Å². The summed E-state index contributed by atoms with van der Waals surface area (Å²) in [6.45, 7) is 0. The summed E-state index contributed by atoms with van der Waals surface area (Å²) in [7, 11) is 1.67. The first-order valence-electron chi connectivity index (χ1n) is 7.60. The molecule has 0 saturated heterocycles. The lowest BCUT2D eigenvalue weighted by atomic mass is 9.92. The largest absolute Gasteiger partial charge is 0.497 e. The first kappa shape index (κ1) is 13.7. The number of ether oxygens (including phenoxy) is 1. The van der Waals surface area contributed by atoms with Gasteiger partial charge in [0.1, 0.15) is 5.75 Å². The van der Waals surface area contributed by atoms with Gasteiger partial charge in [0.25, 0.3) is 0 Å². The van der Waals surface area contributed by atoms with Crippen LogP contribution in [-0.4, -0.2) is 12.1 Å². The number of rotatable bonds is 3. The molecule has 0 aliphatic heterocycles. The predicted octanol–water partition coefficient (Wildman–Crippen LogP) is 5.06. The van der Waals surface area contributed by atoms with Crippen molar-refractivity contribution in [3.8, 4) is 5.75 Å². The average Bonchev–Trinajstić information content (AvgIpc) is 3.16. The number of H-pyrrole nitrogens is 1. The van der Waals surface area contributed by atoms with E-state index in [9.17, 15) is 0 Å². The molecule has 0 unspecified atom stereocenters. The van der Waals surface area contributed by atoms with E-state index in [0.717, 1.165) is 23.3 Å². The van der Waals surface area contributed by atoms with Crippen molar-refractivity contribution >= 4 is 10.9 Å². The monoisotopic (exact) mass is 304 g/mol. The van der Waals surface area contributed by atoms with Crippen molar-refractivity contribution in [1.29, 1.82) is 0 Å². The minimum atomic E-state index is -0.0931. The van der Waals surface area contributed by atoms with Crippen LogP contribution in [0.2, 0.25) is 0 Å². The highest BCUT2D eigenvalue weighted by Crippen LogP contribution is 2.47. The lowest BCUT2D eigenvalue weighted by Crippen LogP contribution is -1.95. The van der Waals surface area contributed by atoms with Crippen LogP contribution in [0.1, 0.15) is 35.1 Å². The number of azide groups is 1. The number of nitrogens with one attached hydrogen (secondary N) is 1. The number of aromatic nitrogens is 1. The molecule has 5 heteroatoms. The predicted molar refractivity (Wildman–Crippen MR) is 89.6 cm³/mol. The number of nitrogens with zero attached hydrogens (tertiary/aromatic N) is 3. The van der Waals surface area contributed by atoms with Crippen molar-refractivity contribution in [1.82, 2.24) is 4.98 Å².